The average molecular weight is 313 g/mol. The molecule has 1 aromatic carbocycles. The van der Waals surface area contributed by atoms with Crippen molar-refractivity contribution in [2.45, 2.75) is 12.5 Å². The first-order valence-corrected chi connectivity index (χ1v) is 7.47. The van der Waals surface area contributed by atoms with Crippen molar-refractivity contribution >= 4 is 11.7 Å². The molecule has 120 valence electrons. The number of carbonyl (C=O) groups is 1. The lowest BCUT2D eigenvalue weighted by Crippen LogP contribution is -2.36. The van der Waals surface area contributed by atoms with Crippen LogP contribution >= 0.6 is 0 Å². The summed E-state index contributed by atoms with van der Waals surface area (Å²) in [6, 6.07) is 7.06. The van der Waals surface area contributed by atoms with E-state index >= 15 is 0 Å². The summed E-state index contributed by atoms with van der Waals surface area (Å²) < 4.78 is 1.63. The standard InChI is InChI=1S/C16H19N5O2/c1-21-10-17-15(20-21)12-3-2-4-13(8-12)18-16(23)19-14-6-5-11(7-14)9-22/h2-6,8,10-11,14,22H,7,9H2,1H3,(H2,18,19,23)/t11-,14+/m0/s1. The van der Waals surface area contributed by atoms with Crippen molar-refractivity contribution in [1.29, 1.82) is 0 Å². The van der Waals surface area contributed by atoms with Crippen LogP contribution in [0, 0.1) is 5.92 Å². The Labute approximate surface area is 134 Å². The number of aryl methyl sites for hydroxylation is 1. The molecule has 1 aromatic heterocycles. The maximum atomic E-state index is 12.1. The van der Waals surface area contributed by atoms with Gasteiger partial charge in [-0.2, -0.15) is 5.10 Å². The van der Waals surface area contributed by atoms with Crippen molar-refractivity contribution < 1.29 is 9.90 Å². The van der Waals surface area contributed by atoms with Crippen LogP contribution in [0.5, 0.6) is 0 Å². The maximum absolute atomic E-state index is 12.1. The third kappa shape index (κ3) is 3.75. The van der Waals surface area contributed by atoms with E-state index in [0.29, 0.717) is 11.5 Å². The third-order valence-electron chi connectivity index (χ3n) is 3.70. The lowest BCUT2D eigenvalue weighted by Gasteiger charge is -2.13. The predicted octanol–water partition coefficient (Wildman–Crippen LogP) is 1.54. The number of nitrogens with zero attached hydrogens (tertiary/aromatic N) is 3. The number of benzene rings is 1. The van der Waals surface area contributed by atoms with E-state index < -0.39 is 0 Å². The van der Waals surface area contributed by atoms with Gasteiger partial charge in [-0.05, 0) is 18.6 Å². The molecule has 0 aliphatic heterocycles. The monoisotopic (exact) mass is 313 g/mol. The van der Waals surface area contributed by atoms with Crippen LogP contribution in [0.15, 0.2) is 42.7 Å². The van der Waals surface area contributed by atoms with E-state index in [4.69, 9.17) is 5.11 Å². The smallest absolute Gasteiger partial charge is 0.319 e. The van der Waals surface area contributed by atoms with Gasteiger partial charge in [-0.1, -0.05) is 24.3 Å². The molecule has 3 N–H and O–H groups in total. The Morgan fingerprint density at radius 2 is 2.30 bits per heavy atom. The number of nitrogens with one attached hydrogen (secondary N) is 2. The molecule has 0 unspecified atom stereocenters. The van der Waals surface area contributed by atoms with Gasteiger partial charge in [0.2, 0.25) is 0 Å². The van der Waals surface area contributed by atoms with Crippen LogP contribution < -0.4 is 10.6 Å². The van der Waals surface area contributed by atoms with E-state index in [2.05, 4.69) is 20.7 Å². The molecule has 0 radical (unpaired) electrons. The molecule has 0 saturated carbocycles. The number of aliphatic hydroxyl groups is 1. The van der Waals surface area contributed by atoms with Crippen molar-refractivity contribution in [3.8, 4) is 11.4 Å². The van der Waals surface area contributed by atoms with Crippen LogP contribution in [0.1, 0.15) is 6.42 Å². The molecule has 1 heterocycles. The quantitative estimate of drug-likeness (QED) is 0.747. The first-order valence-electron chi connectivity index (χ1n) is 7.47. The lowest BCUT2D eigenvalue weighted by atomic mass is 10.1. The van der Waals surface area contributed by atoms with Crippen LogP contribution in [0.4, 0.5) is 10.5 Å². The number of carbonyl (C=O) groups excluding carboxylic acids is 1. The minimum atomic E-state index is -0.274. The summed E-state index contributed by atoms with van der Waals surface area (Å²) in [5, 5.41) is 19.0. The number of amides is 2. The van der Waals surface area contributed by atoms with Gasteiger partial charge in [-0.3, -0.25) is 4.68 Å². The number of urea groups is 1. The fourth-order valence-electron chi connectivity index (χ4n) is 2.56. The zero-order valence-corrected chi connectivity index (χ0v) is 12.8. The van der Waals surface area contributed by atoms with Gasteiger partial charge in [-0.15, -0.1) is 0 Å². The highest BCUT2D eigenvalue weighted by atomic mass is 16.3. The Morgan fingerprint density at radius 1 is 1.43 bits per heavy atom. The van der Waals surface area contributed by atoms with Crippen molar-refractivity contribution in [1.82, 2.24) is 20.1 Å². The molecule has 2 aromatic rings. The summed E-state index contributed by atoms with van der Waals surface area (Å²) in [5.41, 5.74) is 1.51. The van der Waals surface area contributed by atoms with Crippen LogP contribution in [0.2, 0.25) is 0 Å². The first-order chi connectivity index (χ1) is 11.1. The van der Waals surface area contributed by atoms with Gasteiger partial charge in [0.05, 0.1) is 0 Å². The van der Waals surface area contributed by atoms with E-state index in [-0.39, 0.29) is 24.6 Å². The molecule has 7 heteroatoms. The Bertz CT molecular complexity index is 725. The third-order valence-corrected chi connectivity index (χ3v) is 3.70. The van der Waals surface area contributed by atoms with Gasteiger partial charge in [0.25, 0.3) is 0 Å². The summed E-state index contributed by atoms with van der Waals surface area (Å²) >= 11 is 0. The van der Waals surface area contributed by atoms with Gasteiger partial charge < -0.3 is 15.7 Å². The molecule has 7 nitrogen and oxygen atoms in total. The van der Waals surface area contributed by atoms with Crippen molar-refractivity contribution in [2.24, 2.45) is 13.0 Å². The summed E-state index contributed by atoms with van der Waals surface area (Å²) in [5.74, 6) is 0.736. The van der Waals surface area contributed by atoms with Gasteiger partial charge in [0.15, 0.2) is 5.82 Å². The highest BCUT2D eigenvalue weighted by Gasteiger charge is 2.19. The number of rotatable bonds is 4. The summed E-state index contributed by atoms with van der Waals surface area (Å²) in [6.07, 6.45) is 6.20. The number of aromatic nitrogens is 3. The molecule has 0 spiro atoms. The number of hydrogen-bond acceptors (Lipinski definition) is 4. The molecule has 1 aliphatic carbocycles. The second kappa shape index (κ2) is 6.62. The molecule has 2 amide bonds. The molecular formula is C16H19N5O2. The normalized spacial score (nSPS) is 19.7. The molecule has 0 bridgehead atoms. The Kier molecular flexibility index (Phi) is 4.38. The summed E-state index contributed by atoms with van der Waals surface area (Å²) in [4.78, 5) is 16.3. The van der Waals surface area contributed by atoms with Crippen molar-refractivity contribution in [3.05, 3.63) is 42.7 Å². The number of aliphatic hydroxyl groups excluding tert-OH is 1. The number of hydrogen-bond donors (Lipinski definition) is 3. The lowest BCUT2D eigenvalue weighted by molar-refractivity contribution is 0.238. The fraction of sp³-hybridized carbons (Fsp3) is 0.312. The zero-order chi connectivity index (χ0) is 16.2. The van der Waals surface area contributed by atoms with Crippen LogP contribution in [0.25, 0.3) is 11.4 Å². The van der Waals surface area contributed by atoms with Gasteiger partial charge in [-0.25, -0.2) is 9.78 Å². The van der Waals surface area contributed by atoms with E-state index in [0.717, 1.165) is 12.0 Å². The fourth-order valence-corrected chi connectivity index (χ4v) is 2.56. The van der Waals surface area contributed by atoms with E-state index in [1.807, 2.05) is 36.4 Å². The van der Waals surface area contributed by atoms with Gasteiger partial charge >= 0.3 is 6.03 Å². The SMILES string of the molecule is Cn1cnc(-c2cccc(NC(=O)N[C@@H]3C=C[C@H](CO)C3)c2)n1. The topological polar surface area (TPSA) is 92.1 Å². The van der Waals surface area contributed by atoms with Crippen molar-refractivity contribution in [3.63, 3.8) is 0 Å². The Balaban J connectivity index is 1.62. The molecule has 0 fully saturated rings. The minimum absolute atomic E-state index is 0.0483. The molecular weight excluding hydrogens is 294 g/mol. The molecule has 23 heavy (non-hydrogen) atoms. The van der Waals surface area contributed by atoms with Crippen LogP contribution in [-0.2, 0) is 7.05 Å². The predicted molar refractivity (Wildman–Crippen MR) is 86.7 cm³/mol. The molecule has 2 atom stereocenters. The van der Waals surface area contributed by atoms with Gasteiger partial charge in [0.1, 0.15) is 6.33 Å². The minimum Gasteiger partial charge on any atom is -0.396 e. The zero-order valence-electron chi connectivity index (χ0n) is 12.8. The Morgan fingerprint density at radius 3 is 3.00 bits per heavy atom. The molecule has 0 saturated heterocycles. The number of anilines is 1. The highest BCUT2D eigenvalue weighted by Crippen LogP contribution is 2.20. The van der Waals surface area contributed by atoms with E-state index in [1.54, 1.807) is 18.1 Å². The van der Waals surface area contributed by atoms with Crippen LogP contribution in [-0.4, -0.2) is 38.6 Å². The highest BCUT2D eigenvalue weighted by molar-refractivity contribution is 5.90. The summed E-state index contributed by atoms with van der Waals surface area (Å²) in [6.45, 7) is 0.107. The average Bonchev–Trinajstić information content (AvgIpc) is 3.16. The van der Waals surface area contributed by atoms with Crippen molar-refractivity contribution in [2.75, 3.05) is 11.9 Å². The maximum Gasteiger partial charge on any atom is 0.319 e. The summed E-state index contributed by atoms with van der Waals surface area (Å²) in [7, 11) is 1.81. The van der Waals surface area contributed by atoms with E-state index in [9.17, 15) is 4.79 Å². The Hall–Kier alpha value is -2.67. The second-order valence-corrected chi connectivity index (χ2v) is 5.59. The van der Waals surface area contributed by atoms with Gasteiger partial charge in [0, 0.05) is 36.9 Å². The largest absolute Gasteiger partial charge is 0.396 e. The van der Waals surface area contributed by atoms with E-state index in [1.165, 1.54) is 0 Å². The first kappa shape index (κ1) is 15.2. The van der Waals surface area contributed by atoms with Crippen LogP contribution in [0.3, 0.4) is 0 Å². The second-order valence-electron chi connectivity index (χ2n) is 5.59. The molecule has 1 aliphatic rings. The molecule has 3 rings (SSSR count).